The molecule has 0 saturated carbocycles. The number of anilines is 1. The maximum atomic E-state index is 11.8. The number of nitrogens with zero attached hydrogens (tertiary/aromatic N) is 3. The first-order valence-corrected chi connectivity index (χ1v) is 12.4. The SMILES string of the molecule is CCN1CCCC(Nc2nnc(-c3ccc(S(C)(=O)=O)cc3O)c3ccc(C)cc23)C1. The lowest BCUT2D eigenvalue weighted by Gasteiger charge is -2.32. The van der Waals surface area contributed by atoms with Gasteiger partial charge in [0.2, 0.25) is 0 Å². The summed E-state index contributed by atoms with van der Waals surface area (Å²) in [5.41, 5.74) is 2.08. The summed E-state index contributed by atoms with van der Waals surface area (Å²) in [5, 5.41) is 24.8. The minimum Gasteiger partial charge on any atom is -0.507 e. The van der Waals surface area contributed by atoms with E-state index in [1.165, 1.54) is 12.1 Å². The summed E-state index contributed by atoms with van der Waals surface area (Å²) >= 11 is 0. The molecule has 1 saturated heterocycles. The second kappa shape index (κ2) is 8.43. The van der Waals surface area contributed by atoms with E-state index >= 15 is 0 Å². The van der Waals surface area contributed by atoms with Crippen molar-refractivity contribution < 1.29 is 13.5 Å². The van der Waals surface area contributed by atoms with E-state index in [0.717, 1.165) is 60.9 Å². The second-order valence-electron chi connectivity index (χ2n) is 8.27. The van der Waals surface area contributed by atoms with Crippen molar-refractivity contribution in [3.63, 3.8) is 0 Å². The topological polar surface area (TPSA) is 95.4 Å². The molecule has 1 aliphatic rings. The number of benzene rings is 2. The van der Waals surface area contributed by atoms with Gasteiger partial charge in [0.05, 0.1) is 4.90 Å². The number of fused-ring (bicyclic) bond motifs is 1. The number of aromatic hydroxyl groups is 1. The number of phenols is 1. The Morgan fingerprint density at radius 3 is 2.68 bits per heavy atom. The molecule has 0 radical (unpaired) electrons. The number of hydrogen-bond acceptors (Lipinski definition) is 7. The molecule has 1 atom stereocenters. The Hall–Kier alpha value is -2.71. The average molecular weight is 441 g/mol. The summed E-state index contributed by atoms with van der Waals surface area (Å²) in [5.74, 6) is 0.600. The van der Waals surface area contributed by atoms with E-state index in [-0.39, 0.29) is 10.6 Å². The third kappa shape index (κ3) is 4.50. The highest BCUT2D eigenvalue weighted by atomic mass is 32.2. The number of sulfone groups is 1. The molecule has 2 heterocycles. The van der Waals surface area contributed by atoms with Crippen molar-refractivity contribution in [1.82, 2.24) is 15.1 Å². The van der Waals surface area contributed by atoms with E-state index in [9.17, 15) is 13.5 Å². The summed E-state index contributed by atoms with van der Waals surface area (Å²) < 4.78 is 23.6. The molecule has 1 aliphatic heterocycles. The number of likely N-dealkylation sites (tertiary alicyclic amines) is 1. The first-order valence-electron chi connectivity index (χ1n) is 10.6. The molecule has 3 aromatic rings. The van der Waals surface area contributed by atoms with Crippen molar-refractivity contribution in [2.45, 2.75) is 37.6 Å². The van der Waals surface area contributed by atoms with Gasteiger partial charge in [0.1, 0.15) is 11.4 Å². The summed E-state index contributed by atoms with van der Waals surface area (Å²) in [6.45, 7) is 7.34. The van der Waals surface area contributed by atoms with Crippen LogP contribution in [0.3, 0.4) is 0 Å². The van der Waals surface area contributed by atoms with Crippen LogP contribution in [0.4, 0.5) is 5.82 Å². The quantitative estimate of drug-likeness (QED) is 0.626. The zero-order chi connectivity index (χ0) is 22.2. The fourth-order valence-corrected chi connectivity index (χ4v) is 4.81. The molecule has 4 rings (SSSR count). The minimum atomic E-state index is -3.41. The summed E-state index contributed by atoms with van der Waals surface area (Å²) in [4.78, 5) is 2.50. The fourth-order valence-electron chi connectivity index (χ4n) is 4.17. The fraction of sp³-hybridized carbons (Fsp3) is 0.391. The Morgan fingerprint density at radius 2 is 1.97 bits per heavy atom. The third-order valence-corrected chi connectivity index (χ3v) is 6.99. The number of aryl methyl sites for hydroxylation is 1. The van der Waals surface area contributed by atoms with E-state index < -0.39 is 9.84 Å². The van der Waals surface area contributed by atoms with Crippen molar-refractivity contribution >= 4 is 26.4 Å². The molecule has 0 bridgehead atoms. The summed E-state index contributed by atoms with van der Waals surface area (Å²) in [6, 6.07) is 10.7. The predicted molar refractivity (Wildman–Crippen MR) is 123 cm³/mol. The van der Waals surface area contributed by atoms with Crippen LogP contribution < -0.4 is 5.32 Å². The number of piperidine rings is 1. The lowest BCUT2D eigenvalue weighted by atomic mass is 10.0. The van der Waals surface area contributed by atoms with Crippen LogP contribution in [-0.2, 0) is 9.84 Å². The van der Waals surface area contributed by atoms with Crippen molar-refractivity contribution in [3.05, 3.63) is 42.0 Å². The third-order valence-electron chi connectivity index (χ3n) is 5.88. The van der Waals surface area contributed by atoms with E-state index in [1.54, 1.807) is 6.07 Å². The van der Waals surface area contributed by atoms with Gasteiger partial charge in [-0.15, -0.1) is 10.2 Å². The van der Waals surface area contributed by atoms with Crippen molar-refractivity contribution in [1.29, 1.82) is 0 Å². The molecule has 1 aromatic heterocycles. The highest BCUT2D eigenvalue weighted by Gasteiger charge is 2.21. The molecule has 8 heteroatoms. The molecule has 0 spiro atoms. The molecule has 2 aromatic carbocycles. The van der Waals surface area contributed by atoms with Crippen LogP contribution in [0.1, 0.15) is 25.3 Å². The molecule has 1 fully saturated rings. The molecular formula is C23H28N4O3S. The van der Waals surface area contributed by atoms with Gasteiger partial charge in [-0.25, -0.2) is 8.42 Å². The van der Waals surface area contributed by atoms with Crippen molar-refractivity contribution in [3.8, 4) is 17.0 Å². The van der Waals surface area contributed by atoms with E-state index in [1.807, 2.05) is 19.1 Å². The molecule has 2 N–H and O–H groups in total. The van der Waals surface area contributed by atoms with Gasteiger partial charge >= 0.3 is 0 Å². The number of rotatable bonds is 5. The van der Waals surface area contributed by atoms with Crippen molar-refractivity contribution in [2.24, 2.45) is 0 Å². The predicted octanol–water partition coefficient (Wildman–Crippen LogP) is 3.61. The average Bonchev–Trinajstić information content (AvgIpc) is 2.74. The highest BCUT2D eigenvalue weighted by molar-refractivity contribution is 7.90. The van der Waals surface area contributed by atoms with Crippen molar-refractivity contribution in [2.75, 3.05) is 31.2 Å². The van der Waals surface area contributed by atoms with Gasteiger partial charge in [-0.1, -0.05) is 24.6 Å². The first-order chi connectivity index (χ1) is 14.8. The van der Waals surface area contributed by atoms with Crippen LogP contribution in [0.5, 0.6) is 5.75 Å². The number of nitrogens with one attached hydrogen (secondary N) is 1. The van der Waals surface area contributed by atoms with E-state index in [4.69, 9.17) is 0 Å². The van der Waals surface area contributed by atoms with Gasteiger partial charge in [0.25, 0.3) is 0 Å². The van der Waals surface area contributed by atoms with Gasteiger partial charge in [-0.3, -0.25) is 0 Å². The smallest absolute Gasteiger partial charge is 0.175 e. The van der Waals surface area contributed by atoms with Crippen LogP contribution in [-0.4, -0.2) is 60.6 Å². The van der Waals surface area contributed by atoms with Crippen LogP contribution in [0.2, 0.25) is 0 Å². The zero-order valence-corrected chi connectivity index (χ0v) is 18.9. The lowest BCUT2D eigenvalue weighted by molar-refractivity contribution is 0.226. The molecule has 31 heavy (non-hydrogen) atoms. The Labute approximate surface area is 183 Å². The minimum absolute atomic E-state index is 0.0675. The number of phenolic OH excluding ortho intramolecular Hbond substituents is 1. The van der Waals surface area contributed by atoms with Gasteiger partial charge in [0, 0.05) is 35.2 Å². The van der Waals surface area contributed by atoms with Gasteiger partial charge < -0.3 is 15.3 Å². The molecule has 1 unspecified atom stereocenters. The van der Waals surface area contributed by atoms with E-state index in [0.29, 0.717) is 17.3 Å². The monoisotopic (exact) mass is 440 g/mol. The normalized spacial score (nSPS) is 17.7. The maximum Gasteiger partial charge on any atom is 0.175 e. The number of aromatic nitrogens is 2. The molecule has 7 nitrogen and oxygen atoms in total. The molecule has 0 aliphatic carbocycles. The Bertz CT molecular complexity index is 1230. The number of hydrogen-bond donors (Lipinski definition) is 2. The van der Waals surface area contributed by atoms with Gasteiger partial charge in [-0.2, -0.15) is 0 Å². The van der Waals surface area contributed by atoms with Crippen LogP contribution in [0.25, 0.3) is 22.0 Å². The van der Waals surface area contributed by atoms with Crippen LogP contribution >= 0.6 is 0 Å². The van der Waals surface area contributed by atoms with Gasteiger partial charge in [0.15, 0.2) is 15.7 Å². The highest BCUT2D eigenvalue weighted by Crippen LogP contribution is 2.36. The van der Waals surface area contributed by atoms with Crippen LogP contribution in [0, 0.1) is 6.92 Å². The lowest BCUT2D eigenvalue weighted by Crippen LogP contribution is -2.42. The largest absolute Gasteiger partial charge is 0.507 e. The maximum absolute atomic E-state index is 11.8. The number of likely N-dealkylation sites (N-methyl/N-ethyl adjacent to an activating group) is 1. The molecule has 0 amide bonds. The Balaban J connectivity index is 1.77. The first kappa shape index (κ1) is 21.5. The second-order valence-corrected chi connectivity index (χ2v) is 10.3. The summed E-state index contributed by atoms with van der Waals surface area (Å²) in [7, 11) is -3.41. The van der Waals surface area contributed by atoms with E-state index in [2.05, 4.69) is 33.4 Å². The molecule has 164 valence electrons. The molecular weight excluding hydrogens is 412 g/mol. The standard InChI is InChI=1S/C23H28N4O3S/c1-4-27-11-5-6-16(14-27)24-23-20-12-15(2)7-9-18(20)22(25-26-23)19-10-8-17(13-21(19)28)31(3,29)30/h7-10,12-13,16,28H,4-6,11,14H2,1-3H3,(H,24,26). The summed E-state index contributed by atoms with van der Waals surface area (Å²) in [6.07, 6.45) is 3.35. The Morgan fingerprint density at radius 1 is 1.16 bits per heavy atom. The van der Waals surface area contributed by atoms with Gasteiger partial charge in [-0.05, 0) is 57.1 Å². The van der Waals surface area contributed by atoms with Crippen LogP contribution in [0.15, 0.2) is 41.3 Å². The zero-order valence-electron chi connectivity index (χ0n) is 18.1. The Kier molecular flexibility index (Phi) is 5.85.